The summed E-state index contributed by atoms with van der Waals surface area (Å²) < 4.78 is 11.2. The molecule has 152 valence electrons. The van der Waals surface area contributed by atoms with Crippen molar-refractivity contribution in [1.29, 1.82) is 0 Å². The maximum absolute atomic E-state index is 5.85. The van der Waals surface area contributed by atoms with E-state index in [9.17, 15) is 0 Å². The van der Waals surface area contributed by atoms with Gasteiger partial charge >= 0.3 is 0 Å². The Morgan fingerprint density at radius 2 is 1.89 bits per heavy atom. The summed E-state index contributed by atoms with van der Waals surface area (Å²) in [7, 11) is 0. The van der Waals surface area contributed by atoms with Gasteiger partial charge in [-0.2, -0.15) is 4.98 Å². The van der Waals surface area contributed by atoms with Gasteiger partial charge in [0.2, 0.25) is 0 Å². The molecule has 0 spiro atoms. The van der Waals surface area contributed by atoms with Gasteiger partial charge in [0.1, 0.15) is 5.82 Å². The molecular formula is C21H31N5O2. The molecule has 0 radical (unpaired) electrons. The molecule has 2 aliphatic rings. The quantitative estimate of drug-likeness (QED) is 0.783. The lowest BCUT2D eigenvalue weighted by Crippen LogP contribution is -2.46. The van der Waals surface area contributed by atoms with Crippen LogP contribution in [0.4, 0.5) is 5.82 Å². The Hall–Kier alpha value is -1.99. The number of anilines is 1. The van der Waals surface area contributed by atoms with E-state index in [0.29, 0.717) is 23.9 Å². The number of piperidine rings is 1. The van der Waals surface area contributed by atoms with Crippen LogP contribution in [0.2, 0.25) is 0 Å². The van der Waals surface area contributed by atoms with Crippen LogP contribution >= 0.6 is 0 Å². The molecular weight excluding hydrogens is 354 g/mol. The Labute approximate surface area is 167 Å². The summed E-state index contributed by atoms with van der Waals surface area (Å²) in [5.41, 5.74) is 0.929. The molecule has 2 aliphatic heterocycles. The third-order valence-corrected chi connectivity index (χ3v) is 5.81. The lowest BCUT2D eigenvalue weighted by molar-refractivity contribution is -0.0690. The van der Waals surface area contributed by atoms with Gasteiger partial charge in [0.15, 0.2) is 5.82 Å². The molecule has 0 amide bonds. The number of ether oxygens (including phenoxy) is 1. The van der Waals surface area contributed by atoms with Gasteiger partial charge in [-0.1, -0.05) is 5.16 Å². The van der Waals surface area contributed by atoms with Crippen LogP contribution in [0, 0.1) is 12.8 Å². The molecule has 0 bridgehead atoms. The van der Waals surface area contributed by atoms with Gasteiger partial charge in [0.05, 0.1) is 17.8 Å². The Morgan fingerprint density at radius 3 is 2.57 bits per heavy atom. The minimum atomic E-state index is 0.349. The molecule has 0 aliphatic carbocycles. The first kappa shape index (κ1) is 19.3. The summed E-state index contributed by atoms with van der Waals surface area (Å²) in [4.78, 5) is 13.9. The number of hydrogen-bond donors (Lipinski definition) is 0. The van der Waals surface area contributed by atoms with Gasteiger partial charge in [-0.05, 0) is 64.6 Å². The highest BCUT2D eigenvalue weighted by atomic mass is 16.5. The van der Waals surface area contributed by atoms with Crippen molar-refractivity contribution in [2.24, 2.45) is 5.92 Å². The third-order valence-electron chi connectivity index (χ3n) is 5.81. The molecule has 7 heteroatoms. The summed E-state index contributed by atoms with van der Waals surface area (Å²) in [5.74, 6) is 2.94. The minimum absolute atomic E-state index is 0.349. The largest absolute Gasteiger partial charge is 0.373 e. The van der Waals surface area contributed by atoms with Crippen LogP contribution in [0.5, 0.6) is 0 Å². The van der Waals surface area contributed by atoms with Crippen LogP contribution < -0.4 is 4.90 Å². The van der Waals surface area contributed by atoms with Crippen LogP contribution in [0.1, 0.15) is 38.9 Å². The number of pyridine rings is 1. The molecule has 2 atom stereocenters. The number of aromatic nitrogens is 3. The van der Waals surface area contributed by atoms with Gasteiger partial charge in [0.25, 0.3) is 5.89 Å². The molecule has 28 heavy (non-hydrogen) atoms. The molecule has 0 saturated carbocycles. The third kappa shape index (κ3) is 4.52. The van der Waals surface area contributed by atoms with E-state index in [1.54, 1.807) is 0 Å². The second-order valence-corrected chi connectivity index (χ2v) is 8.26. The SMILES string of the molecule is Cc1noc(-c2cccnc2N2CCC(CCN3CC(C)OC(C)C3)CC2)n1. The number of hydrogen-bond acceptors (Lipinski definition) is 7. The van der Waals surface area contributed by atoms with E-state index in [1.165, 1.54) is 25.8 Å². The Bertz CT molecular complexity index is 762. The average Bonchev–Trinajstić information content (AvgIpc) is 3.12. The van der Waals surface area contributed by atoms with Gasteiger partial charge in [-0.25, -0.2) is 4.98 Å². The predicted octanol–water partition coefficient (Wildman–Crippen LogP) is 3.16. The average molecular weight is 386 g/mol. The van der Waals surface area contributed by atoms with Crippen molar-refractivity contribution >= 4 is 5.82 Å². The van der Waals surface area contributed by atoms with Crippen molar-refractivity contribution in [2.45, 2.75) is 52.2 Å². The zero-order valence-electron chi connectivity index (χ0n) is 17.2. The summed E-state index contributed by atoms with van der Waals surface area (Å²) in [6.45, 7) is 11.5. The highest BCUT2D eigenvalue weighted by Gasteiger charge is 2.26. The fourth-order valence-corrected chi connectivity index (χ4v) is 4.49. The second kappa shape index (κ2) is 8.57. The van der Waals surface area contributed by atoms with Crippen molar-refractivity contribution in [3.8, 4) is 11.5 Å². The number of aryl methyl sites for hydroxylation is 1. The molecule has 0 N–H and O–H groups in total. The molecule has 2 fully saturated rings. The second-order valence-electron chi connectivity index (χ2n) is 8.26. The van der Waals surface area contributed by atoms with Crippen molar-refractivity contribution < 1.29 is 9.26 Å². The van der Waals surface area contributed by atoms with E-state index in [2.05, 4.69) is 38.8 Å². The first-order valence-electron chi connectivity index (χ1n) is 10.5. The van der Waals surface area contributed by atoms with Crippen molar-refractivity contribution in [3.05, 3.63) is 24.2 Å². The summed E-state index contributed by atoms with van der Waals surface area (Å²) in [6, 6.07) is 3.94. The van der Waals surface area contributed by atoms with Crippen LogP contribution in [0.3, 0.4) is 0 Å². The highest BCUT2D eigenvalue weighted by Crippen LogP contribution is 2.31. The van der Waals surface area contributed by atoms with Crippen LogP contribution in [0.15, 0.2) is 22.9 Å². The first-order valence-corrected chi connectivity index (χ1v) is 10.5. The van der Waals surface area contributed by atoms with Gasteiger partial charge in [-0.3, -0.25) is 4.90 Å². The van der Waals surface area contributed by atoms with Gasteiger partial charge in [0, 0.05) is 32.4 Å². The maximum Gasteiger partial charge on any atom is 0.261 e. The smallest absolute Gasteiger partial charge is 0.261 e. The fourth-order valence-electron chi connectivity index (χ4n) is 4.49. The molecule has 4 rings (SSSR count). The normalized spacial score (nSPS) is 24.6. The lowest BCUT2D eigenvalue weighted by atomic mass is 9.93. The van der Waals surface area contributed by atoms with Crippen molar-refractivity contribution in [3.63, 3.8) is 0 Å². The molecule has 7 nitrogen and oxygen atoms in total. The van der Waals surface area contributed by atoms with Crippen LogP contribution in [0.25, 0.3) is 11.5 Å². The van der Waals surface area contributed by atoms with Crippen molar-refractivity contribution in [1.82, 2.24) is 20.0 Å². The highest BCUT2D eigenvalue weighted by molar-refractivity contribution is 5.69. The number of nitrogens with zero attached hydrogens (tertiary/aromatic N) is 5. The molecule has 4 heterocycles. The van der Waals surface area contributed by atoms with E-state index in [0.717, 1.165) is 43.5 Å². The van der Waals surface area contributed by atoms with Crippen molar-refractivity contribution in [2.75, 3.05) is 37.6 Å². The molecule has 2 aromatic heterocycles. The fraction of sp³-hybridized carbons (Fsp3) is 0.667. The van der Waals surface area contributed by atoms with E-state index in [4.69, 9.17) is 9.26 Å². The van der Waals surface area contributed by atoms with Crippen LogP contribution in [-0.4, -0.2) is 65.0 Å². The zero-order valence-corrected chi connectivity index (χ0v) is 17.2. The van der Waals surface area contributed by atoms with E-state index in [1.807, 2.05) is 25.3 Å². The standard InChI is InChI=1S/C21H31N5O2/c1-15-13-25(14-16(2)27-15)10-6-18-7-11-26(12-8-18)20-19(5-4-9-22-20)21-23-17(3)24-28-21/h4-5,9,15-16,18H,6-8,10-14H2,1-3H3. The lowest BCUT2D eigenvalue weighted by Gasteiger charge is -2.37. The van der Waals surface area contributed by atoms with Crippen LogP contribution in [-0.2, 0) is 4.74 Å². The maximum atomic E-state index is 5.85. The summed E-state index contributed by atoms with van der Waals surface area (Å²) in [6.07, 6.45) is 6.21. The van der Waals surface area contributed by atoms with E-state index in [-0.39, 0.29) is 0 Å². The van der Waals surface area contributed by atoms with E-state index >= 15 is 0 Å². The topological polar surface area (TPSA) is 67.5 Å². The Morgan fingerprint density at radius 1 is 1.14 bits per heavy atom. The summed E-state index contributed by atoms with van der Waals surface area (Å²) in [5, 5.41) is 3.92. The molecule has 2 saturated heterocycles. The first-order chi connectivity index (χ1) is 13.6. The molecule has 2 unspecified atom stereocenters. The van der Waals surface area contributed by atoms with Gasteiger partial charge < -0.3 is 14.2 Å². The van der Waals surface area contributed by atoms with Gasteiger partial charge in [-0.15, -0.1) is 0 Å². The predicted molar refractivity (Wildman–Crippen MR) is 108 cm³/mol. The minimum Gasteiger partial charge on any atom is -0.373 e. The van der Waals surface area contributed by atoms with E-state index < -0.39 is 0 Å². The number of morpholine rings is 1. The summed E-state index contributed by atoms with van der Waals surface area (Å²) >= 11 is 0. The number of rotatable bonds is 5. The zero-order chi connectivity index (χ0) is 19.5. The monoisotopic (exact) mass is 385 g/mol. The Kier molecular flexibility index (Phi) is 5.92. The molecule has 0 aromatic carbocycles. The molecule has 2 aromatic rings. The Balaban J connectivity index is 1.32.